The van der Waals surface area contributed by atoms with E-state index < -0.39 is 11.9 Å². The number of carboxylic acids is 1. The number of rotatable bonds is 6. The van der Waals surface area contributed by atoms with E-state index in [4.69, 9.17) is 26.2 Å². The van der Waals surface area contributed by atoms with Crippen LogP contribution in [0.2, 0.25) is 5.02 Å². The summed E-state index contributed by atoms with van der Waals surface area (Å²) in [6.45, 7) is 1.47. The molecule has 1 aromatic rings. The predicted molar refractivity (Wildman–Crippen MR) is 70.3 cm³/mol. The Balaban J connectivity index is 3.08. The van der Waals surface area contributed by atoms with Crippen LogP contribution in [0.25, 0.3) is 0 Å². The summed E-state index contributed by atoms with van der Waals surface area (Å²) in [6, 6.07) is 3.06. The molecule has 0 saturated carbocycles. The lowest BCUT2D eigenvalue weighted by Crippen LogP contribution is -2.15. The van der Waals surface area contributed by atoms with Gasteiger partial charge in [-0.15, -0.1) is 0 Å². The van der Waals surface area contributed by atoms with Gasteiger partial charge in [-0.05, 0) is 12.1 Å². The molecule has 104 valence electrons. The zero-order valence-electron chi connectivity index (χ0n) is 10.9. The molecule has 6 heteroatoms. The third kappa shape index (κ3) is 3.38. The lowest BCUT2D eigenvalue weighted by molar-refractivity contribution is -0.141. The number of halogens is 1. The highest BCUT2D eigenvalue weighted by molar-refractivity contribution is 6.35. The zero-order valence-corrected chi connectivity index (χ0v) is 11.7. The summed E-state index contributed by atoms with van der Waals surface area (Å²) < 4.78 is 10.1. The van der Waals surface area contributed by atoms with E-state index in [0.29, 0.717) is 5.75 Å². The fraction of sp³-hybridized carbons (Fsp3) is 0.385. The fourth-order valence-electron chi connectivity index (χ4n) is 1.58. The highest BCUT2D eigenvalue weighted by atomic mass is 35.5. The molecule has 0 saturated heterocycles. The summed E-state index contributed by atoms with van der Waals surface area (Å²) in [7, 11) is 2.88. The van der Waals surface area contributed by atoms with Crippen LogP contribution in [-0.4, -0.2) is 31.1 Å². The topological polar surface area (TPSA) is 72.8 Å². The first-order valence-electron chi connectivity index (χ1n) is 5.58. The van der Waals surface area contributed by atoms with Crippen LogP contribution in [0, 0.1) is 5.92 Å². The summed E-state index contributed by atoms with van der Waals surface area (Å²) in [4.78, 5) is 22.7. The SMILES string of the molecule is COc1ccc(C(=O)CC(C)C(=O)O)c(Cl)c1OC. The van der Waals surface area contributed by atoms with Crippen LogP contribution in [0.15, 0.2) is 12.1 Å². The van der Waals surface area contributed by atoms with Gasteiger partial charge >= 0.3 is 5.97 Å². The predicted octanol–water partition coefficient (Wildman–Crippen LogP) is 2.65. The molecule has 1 atom stereocenters. The zero-order chi connectivity index (χ0) is 14.6. The lowest BCUT2D eigenvalue weighted by atomic mass is 9.99. The van der Waals surface area contributed by atoms with Crippen LogP contribution in [0.3, 0.4) is 0 Å². The Labute approximate surface area is 116 Å². The number of carbonyl (C=O) groups is 2. The number of carboxylic acid groups (broad SMARTS) is 1. The molecule has 0 heterocycles. The fourth-order valence-corrected chi connectivity index (χ4v) is 1.92. The molecule has 0 aliphatic heterocycles. The van der Waals surface area contributed by atoms with Gasteiger partial charge in [-0.3, -0.25) is 9.59 Å². The van der Waals surface area contributed by atoms with E-state index in [2.05, 4.69) is 0 Å². The monoisotopic (exact) mass is 286 g/mol. The van der Waals surface area contributed by atoms with Crippen LogP contribution >= 0.6 is 11.6 Å². The molecular formula is C13H15ClO5. The van der Waals surface area contributed by atoms with Crippen molar-refractivity contribution in [3.8, 4) is 11.5 Å². The molecule has 0 radical (unpaired) electrons. The highest BCUT2D eigenvalue weighted by Crippen LogP contribution is 2.37. The van der Waals surface area contributed by atoms with Gasteiger partial charge in [-0.1, -0.05) is 18.5 Å². The number of aliphatic carboxylic acids is 1. The van der Waals surface area contributed by atoms with Crippen molar-refractivity contribution in [3.05, 3.63) is 22.7 Å². The van der Waals surface area contributed by atoms with E-state index in [1.165, 1.54) is 27.2 Å². The first-order chi connectivity index (χ1) is 8.92. The molecule has 0 amide bonds. The minimum Gasteiger partial charge on any atom is -0.493 e. The van der Waals surface area contributed by atoms with Crippen molar-refractivity contribution in [3.63, 3.8) is 0 Å². The van der Waals surface area contributed by atoms with Gasteiger partial charge in [0.1, 0.15) is 0 Å². The van der Waals surface area contributed by atoms with Crippen LogP contribution in [0.4, 0.5) is 0 Å². The van der Waals surface area contributed by atoms with Crippen molar-refractivity contribution in [2.75, 3.05) is 14.2 Å². The van der Waals surface area contributed by atoms with Crippen LogP contribution in [0.1, 0.15) is 23.7 Å². The number of ketones is 1. The van der Waals surface area contributed by atoms with E-state index in [9.17, 15) is 9.59 Å². The van der Waals surface area contributed by atoms with Gasteiger partial charge in [-0.25, -0.2) is 0 Å². The van der Waals surface area contributed by atoms with Crippen molar-refractivity contribution in [1.82, 2.24) is 0 Å². The number of benzene rings is 1. The Morgan fingerprint density at radius 3 is 2.42 bits per heavy atom. The summed E-state index contributed by atoms with van der Waals surface area (Å²) >= 11 is 6.08. The molecule has 1 rings (SSSR count). The minimum absolute atomic E-state index is 0.120. The Kier molecular flexibility index (Phi) is 5.18. The molecule has 0 aromatic heterocycles. The molecule has 0 aliphatic carbocycles. The Hall–Kier alpha value is -1.75. The highest BCUT2D eigenvalue weighted by Gasteiger charge is 2.22. The lowest BCUT2D eigenvalue weighted by Gasteiger charge is -2.12. The maximum atomic E-state index is 12.0. The maximum absolute atomic E-state index is 12.0. The average Bonchev–Trinajstić information content (AvgIpc) is 2.37. The van der Waals surface area contributed by atoms with Gasteiger partial charge in [0, 0.05) is 12.0 Å². The molecule has 1 aromatic carbocycles. The second-order valence-corrected chi connectivity index (χ2v) is 4.41. The molecule has 1 unspecified atom stereocenters. The van der Waals surface area contributed by atoms with E-state index >= 15 is 0 Å². The summed E-state index contributed by atoms with van der Waals surface area (Å²) in [5, 5.41) is 8.93. The summed E-state index contributed by atoms with van der Waals surface area (Å²) in [5.41, 5.74) is 0.229. The summed E-state index contributed by atoms with van der Waals surface area (Å²) in [6.07, 6.45) is -0.120. The number of carbonyl (C=O) groups excluding carboxylic acids is 1. The normalized spacial score (nSPS) is 11.8. The van der Waals surface area contributed by atoms with Crippen LogP contribution in [-0.2, 0) is 4.79 Å². The minimum atomic E-state index is -1.02. The third-order valence-electron chi connectivity index (χ3n) is 2.70. The standard InChI is InChI=1S/C13H15ClO5/c1-7(13(16)17)6-9(15)8-4-5-10(18-2)12(19-3)11(8)14/h4-5,7H,6H2,1-3H3,(H,16,17). The Morgan fingerprint density at radius 1 is 1.32 bits per heavy atom. The largest absolute Gasteiger partial charge is 0.493 e. The number of methoxy groups -OCH3 is 2. The molecule has 1 N–H and O–H groups in total. The molecule has 0 aliphatic rings. The van der Waals surface area contributed by atoms with E-state index in [-0.39, 0.29) is 28.5 Å². The number of hydrogen-bond acceptors (Lipinski definition) is 4. The van der Waals surface area contributed by atoms with Crippen molar-refractivity contribution in [2.24, 2.45) is 5.92 Å². The van der Waals surface area contributed by atoms with Gasteiger partial charge in [-0.2, -0.15) is 0 Å². The molecule has 0 bridgehead atoms. The molecule has 0 spiro atoms. The third-order valence-corrected chi connectivity index (χ3v) is 3.07. The molecular weight excluding hydrogens is 272 g/mol. The molecule has 19 heavy (non-hydrogen) atoms. The van der Waals surface area contributed by atoms with Gasteiger partial charge in [0.05, 0.1) is 25.2 Å². The number of ether oxygens (including phenoxy) is 2. The smallest absolute Gasteiger partial charge is 0.306 e. The first kappa shape index (κ1) is 15.3. The number of hydrogen-bond donors (Lipinski definition) is 1. The van der Waals surface area contributed by atoms with Crippen molar-refractivity contribution in [2.45, 2.75) is 13.3 Å². The number of Topliss-reactive ketones (excluding diaryl/α,β-unsaturated/α-hetero) is 1. The van der Waals surface area contributed by atoms with E-state index in [1.807, 2.05) is 0 Å². The van der Waals surface area contributed by atoms with Crippen molar-refractivity contribution < 1.29 is 24.2 Å². The maximum Gasteiger partial charge on any atom is 0.306 e. The van der Waals surface area contributed by atoms with Gasteiger partial charge in [0.15, 0.2) is 17.3 Å². The molecule has 5 nitrogen and oxygen atoms in total. The van der Waals surface area contributed by atoms with Gasteiger partial charge in [0.25, 0.3) is 0 Å². The van der Waals surface area contributed by atoms with E-state index in [1.54, 1.807) is 6.07 Å². The molecule has 0 fully saturated rings. The van der Waals surface area contributed by atoms with Crippen LogP contribution < -0.4 is 9.47 Å². The van der Waals surface area contributed by atoms with Crippen molar-refractivity contribution >= 4 is 23.4 Å². The first-order valence-corrected chi connectivity index (χ1v) is 5.96. The Morgan fingerprint density at radius 2 is 1.95 bits per heavy atom. The van der Waals surface area contributed by atoms with Gasteiger partial charge < -0.3 is 14.6 Å². The second kappa shape index (κ2) is 6.43. The average molecular weight is 287 g/mol. The van der Waals surface area contributed by atoms with E-state index in [0.717, 1.165) is 0 Å². The second-order valence-electron chi connectivity index (χ2n) is 4.03. The summed E-state index contributed by atoms with van der Waals surface area (Å²) in [5.74, 6) is -1.46. The van der Waals surface area contributed by atoms with Gasteiger partial charge in [0.2, 0.25) is 0 Å². The quantitative estimate of drug-likeness (QED) is 0.814. The van der Waals surface area contributed by atoms with Crippen LogP contribution in [0.5, 0.6) is 11.5 Å². The Bertz CT molecular complexity index is 498. The van der Waals surface area contributed by atoms with Crippen molar-refractivity contribution in [1.29, 1.82) is 0 Å².